The molecule has 2 N–H and O–H groups in total. The van der Waals surface area contributed by atoms with Crippen molar-refractivity contribution in [2.45, 2.75) is 26.3 Å². The second kappa shape index (κ2) is 3.96. The Hall–Kier alpha value is -1.46. The van der Waals surface area contributed by atoms with E-state index in [2.05, 4.69) is 29.4 Å². The largest absolute Gasteiger partial charge is 0.316 e. The maximum atomic E-state index is 8.58. The first-order valence-electron chi connectivity index (χ1n) is 4.92. The molecule has 2 aromatic rings. The molecule has 0 radical (unpaired) electrons. The fourth-order valence-electron chi connectivity index (χ4n) is 1.40. The van der Waals surface area contributed by atoms with Crippen LogP contribution in [-0.4, -0.2) is 19.8 Å². The van der Waals surface area contributed by atoms with Gasteiger partial charge in [0.1, 0.15) is 0 Å². The number of aromatic nitrogens is 3. The molecule has 80 valence electrons. The minimum absolute atomic E-state index is 0.375. The van der Waals surface area contributed by atoms with Crippen LogP contribution in [0, 0.1) is 0 Å². The molecule has 0 aliphatic rings. The maximum absolute atomic E-state index is 8.58. The van der Waals surface area contributed by atoms with Crippen LogP contribution in [0.3, 0.4) is 0 Å². The molecular weight excluding hydrogens is 192 g/mol. The molecule has 0 unspecified atom stereocenters. The molecule has 2 rings (SSSR count). The highest BCUT2D eigenvalue weighted by Crippen LogP contribution is 2.14. The number of rotatable bonds is 3. The highest BCUT2D eigenvalue weighted by molar-refractivity contribution is 5.40. The van der Waals surface area contributed by atoms with Crippen molar-refractivity contribution in [1.82, 2.24) is 20.1 Å². The molecule has 15 heavy (non-hydrogen) atoms. The highest BCUT2D eigenvalue weighted by Gasteiger charge is 2.06. The van der Waals surface area contributed by atoms with E-state index in [-0.39, 0.29) is 0 Å². The summed E-state index contributed by atoms with van der Waals surface area (Å²) in [5.74, 6) is 0.395. The van der Waals surface area contributed by atoms with E-state index in [9.17, 15) is 0 Å². The van der Waals surface area contributed by atoms with Gasteiger partial charge in [-0.2, -0.15) is 5.10 Å². The van der Waals surface area contributed by atoms with E-state index in [1.165, 1.54) is 0 Å². The lowest BCUT2D eigenvalue weighted by molar-refractivity contribution is 0.161. The number of nitrogens with one attached hydrogen (secondary N) is 1. The number of hydrogen-bond donors (Lipinski definition) is 2. The highest BCUT2D eigenvalue weighted by atomic mass is 16.5. The van der Waals surface area contributed by atoms with Gasteiger partial charge in [-0.3, -0.25) is 0 Å². The van der Waals surface area contributed by atoms with Gasteiger partial charge < -0.3 is 5.21 Å². The summed E-state index contributed by atoms with van der Waals surface area (Å²) in [5, 5.41) is 13.0. The summed E-state index contributed by atoms with van der Waals surface area (Å²) in [7, 11) is 0. The Kier molecular flexibility index (Phi) is 2.66. The van der Waals surface area contributed by atoms with Crippen molar-refractivity contribution in [2.75, 3.05) is 0 Å². The lowest BCUT2D eigenvalue weighted by Crippen LogP contribution is -2.07. The molecule has 0 fully saturated rings. The van der Waals surface area contributed by atoms with Gasteiger partial charge in [0.25, 0.3) is 0 Å². The Balaban J connectivity index is 2.43. The minimum atomic E-state index is 0.375. The fraction of sp³-hybridized carbons (Fsp3) is 0.400. The second-order valence-corrected chi connectivity index (χ2v) is 3.82. The molecule has 0 amide bonds. The molecule has 0 aliphatic heterocycles. The van der Waals surface area contributed by atoms with E-state index in [1.807, 2.05) is 12.3 Å². The summed E-state index contributed by atoms with van der Waals surface area (Å²) in [6.07, 6.45) is 3.59. The van der Waals surface area contributed by atoms with Gasteiger partial charge in [-0.05, 0) is 5.92 Å². The minimum Gasteiger partial charge on any atom is -0.316 e. The van der Waals surface area contributed by atoms with E-state index in [0.717, 1.165) is 16.9 Å². The van der Waals surface area contributed by atoms with E-state index in [4.69, 9.17) is 5.21 Å². The van der Waals surface area contributed by atoms with Gasteiger partial charge >= 0.3 is 0 Å². The van der Waals surface area contributed by atoms with Crippen molar-refractivity contribution in [3.05, 3.63) is 29.7 Å². The first kappa shape index (κ1) is 10.1. The third-order valence-electron chi connectivity index (χ3n) is 2.26. The van der Waals surface area contributed by atoms with Crippen LogP contribution in [-0.2, 0) is 6.54 Å². The normalized spacial score (nSPS) is 11.5. The average molecular weight is 206 g/mol. The zero-order valence-electron chi connectivity index (χ0n) is 8.81. The van der Waals surface area contributed by atoms with Crippen LogP contribution in [0.1, 0.15) is 31.0 Å². The Morgan fingerprint density at radius 2 is 2.33 bits per heavy atom. The van der Waals surface area contributed by atoms with E-state index >= 15 is 0 Å². The average Bonchev–Trinajstić information content (AvgIpc) is 2.61. The first-order valence-corrected chi connectivity index (χ1v) is 4.92. The summed E-state index contributed by atoms with van der Waals surface area (Å²) in [6.45, 7) is 4.57. The molecule has 5 heteroatoms. The lowest BCUT2D eigenvalue weighted by atomic mass is 10.1. The molecule has 2 aromatic heterocycles. The zero-order chi connectivity index (χ0) is 10.8. The number of hydroxylamine groups is 1. The van der Waals surface area contributed by atoms with Gasteiger partial charge in [0, 0.05) is 30.6 Å². The molecule has 2 heterocycles. The predicted molar refractivity (Wildman–Crippen MR) is 55.7 cm³/mol. The third-order valence-corrected chi connectivity index (χ3v) is 2.26. The Morgan fingerprint density at radius 3 is 3.00 bits per heavy atom. The van der Waals surface area contributed by atoms with Gasteiger partial charge in [0.2, 0.25) is 0 Å². The fourth-order valence-corrected chi connectivity index (χ4v) is 1.40. The third kappa shape index (κ3) is 1.98. The Bertz CT molecular complexity index is 463. The molecule has 0 aromatic carbocycles. The molecule has 0 saturated carbocycles. The summed E-state index contributed by atoms with van der Waals surface area (Å²) in [5.41, 5.74) is 4.85. The number of fused-ring (bicyclic) bond motifs is 1. The molecular formula is C10H14N4O. The molecule has 0 atom stereocenters. The Morgan fingerprint density at radius 1 is 1.53 bits per heavy atom. The van der Waals surface area contributed by atoms with Crippen LogP contribution < -0.4 is 5.48 Å². The summed E-state index contributed by atoms with van der Waals surface area (Å²) in [6, 6.07) is 1.97. The van der Waals surface area contributed by atoms with Gasteiger partial charge in [0.05, 0.1) is 5.69 Å². The summed E-state index contributed by atoms with van der Waals surface area (Å²) in [4.78, 5) is 4.25. The molecule has 0 spiro atoms. The standard InChI is InChI=1S/C10H14N4O/c1-7(2)9-3-10-11-4-8(5-12-15)6-14(10)13-9/h3-4,6-7,12,15H,5H2,1-2H3. The van der Waals surface area contributed by atoms with Crippen molar-refractivity contribution in [3.63, 3.8) is 0 Å². The van der Waals surface area contributed by atoms with Crippen molar-refractivity contribution >= 4 is 5.65 Å². The first-order chi connectivity index (χ1) is 7.20. The van der Waals surface area contributed by atoms with Crippen LogP contribution in [0.25, 0.3) is 5.65 Å². The van der Waals surface area contributed by atoms with Crippen LogP contribution in [0.2, 0.25) is 0 Å². The quantitative estimate of drug-likeness (QED) is 0.744. The van der Waals surface area contributed by atoms with Crippen LogP contribution >= 0.6 is 0 Å². The van der Waals surface area contributed by atoms with Crippen molar-refractivity contribution in [2.24, 2.45) is 0 Å². The maximum Gasteiger partial charge on any atom is 0.155 e. The topological polar surface area (TPSA) is 62.5 Å². The summed E-state index contributed by atoms with van der Waals surface area (Å²) >= 11 is 0. The summed E-state index contributed by atoms with van der Waals surface area (Å²) < 4.78 is 1.74. The Labute approximate surface area is 87.7 Å². The van der Waals surface area contributed by atoms with Gasteiger partial charge in [0.15, 0.2) is 5.65 Å². The molecule has 0 saturated heterocycles. The van der Waals surface area contributed by atoms with E-state index < -0.39 is 0 Å². The van der Waals surface area contributed by atoms with Crippen molar-refractivity contribution in [1.29, 1.82) is 0 Å². The molecule has 0 bridgehead atoms. The second-order valence-electron chi connectivity index (χ2n) is 3.82. The van der Waals surface area contributed by atoms with Crippen LogP contribution in [0.15, 0.2) is 18.5 Å². The van der Waals surface area contributed by atoms with Crippen molar-refractivity contribution in [3.8, 4) is 0 Å². The lowest BCUT2D eigenvalue weighted by Gasteiger charge is -1.98. The molecule has 5 nitrogen and oxygen atoms in total. The number of hydrogen-bond acceptors (Lipinski definition) is 4. The van der Waals surface area contributed by atoms with Crippen LogP contribution in [0.4, 0.5) is 0 Å². The van der Waals surface area contributed by atoms with Crippen molar-refractivity contribution < 1.29 is 5.21 Å². The zero-order valence-corrected chi connectivity index (χ0v) is 8.81. The number of nitrogens with zero attached hydrogens (tertiary/aromatic N) is 3. The smallest absolute Gasteiger partial charge is 0.155 e. The van der Waals surface area contributed by atoms with Gasteiger partial charge in [-0.25, -0.2) is 15.0 Å². The van der Waals surface area contributed by atoms with Gasteiger partial charge in [-0.1, -0.05) is 13.8 Å². The molecule has 0 aliphatic carbocycles. The van der Waals surface area contributed by atoms with Gasteiger partial charge in [-0.15, -0.1) is 0 Å². The predicted octanol–water partition coefficient (Wildman–Crippen LogP) is 1.33. The SMILES string of the molecule is CC(C)c1cc2ncc(CNO)cn2n1. The van der Waals surface area contributed by atoms with E-state index in [1.54, 1.807) is 10.7 Å². The van der Waals surface area contributed by atoms with E-state index in [0.29, 0.717) is 12.5 Å². The van der Waals surface area contributed by atoms with Crippen LogP contribution in [0.5, 0.6) is 0 Å². The monoisotopic (exact) mass is 206 g/mol.